The summed E-state index contributed by atoms with van der Waals surface area (Å²) in [6.45, 7) is 4.87. The van der Waals surface area contributed by atoms with Gasteiger partial charge in [0.2, 0.25) is 11.7 Å². The highest BCUT2D eigenvalue weighted by Crippen LogP contribution is 2.24. The minimum Gasteiger partial charge on any atom is -0.338 e. The smallest absolute Gasteiger partial charge is 0.240 e. The Bertz CT molecular complexity index is 769. The monoisotopic (exact) mass is 341 g/mol. The molecule has 0 bridgehead atoms. The highest BCUT2D eigenvalue weighted by atomic mass is 35.5. The number of benzene rings is 2. The maximum absolute atomic E-state index is 5.98. The zero-order valence-corrected chi connectivity index (χ0v) is 14.5. The molecule has 0 saturated carbocycles. The van der Waals surface area contributed by atoms with E-state index in [1.807, 2.05) is 54.6 Å². The second kappa shape index (κ2) is 7.60. The second-order valence-electron chi connectivity index (χ2n) is 6.03. The fraction of sp³-hybridized carbons (Fsp3) is 0.263. The summed E-state index contributed by atoms with van der Waals surface area (Å²) in [5, 5.41) is 8.29. The van der Waals surface area contributed by atoms with Crippen molar-refractivity contribution in [3.63, 3.8) is 0 Å². The van der Waals surface area contributed by atoms with Gasteiger partial charge in [-0.05, 0) is 23.6 Å². The number of aromatic nitrogens is 2. The molecule has 0 aliphatic carbocycles. The summed E-state index contributed by atoms with van der Waals surface area (Å²) < 4.78 is 5.36. The van der Waals surface area contributed by atoms with Gasteiger partial charge in [0.1, 0.15) is 0 Å². The maximum Gasteiger partial charge on any atom is 0.240 e. The van der Waals surface area contributed by atoms with Crippen LogP contribution in [0, 0.1) is 5.92 Å². The fourth-order valence-corrected chi connectivity index (χ4v) is 2.76. The van der Waals surface area contributed by atoms with E-state index in [0.29, 0.717) is 24.2 Å². The van der Waals surface area contributed by atoms with Crippen LogP contribution >= 0.6 is 11.6 Å². The molecule has 0 fully saturated rings. The van der Waals surface area contributed by atoms with Crippen molar-refractivity contribution in [1.29, 1.82) is 0 Å². The number of rotatable bonds is 6. The lowest BCUT2D eigenvalue weighted by atomic mass is 9.96. The Labute approximate surface area is 146 Å². The molecule has 1 unspecified atom stereocenters. The van der Waals surface area contributed by atoms with E-state index in [9.17, 15) is 0 Å². The molecule has 5 heteroatoms. The van der Waals surface area contributed by atoms with Crippen LogP contribution in [0.15, 0.2) is 59.1 Å². The quantitative estimate of drug-likeness (QED) is 0.694. The highest BCUT2D eigenvalue weighted by molar-refractivity contribution is 6.30. The summed E-state index contributed by atoms with van der Waals surface area (Å²) in [5.41, 5.74) is 2.14. The first-order valence-electron chi connectivity index (χ1n) is 8.00. The van der Waals surface area contributed by atoms with E-state index in [4.69, 9.17) is 16.1 Å². The van der Waals surface area contributed by atoms with E-state index in [-0.39, 0.29) is 6.04 Å². The third-order valence-corrected chi connectivity index (χ3v) is 4.12. The van der Waals surface area contributed by atoms with Crippen molar-refractivity contribution in [1.82, 2.24) is 15.5 Å². The zero-order chi connectivity index (χ0) is 16.9. The van der Waals surface area contributed by atoms with Gasteiger partial charge in [-0.25, -0.2) is 0 Å². The first kappa shape index (κ1) is 16.7. The van der Waals surface area contributed by atoms with Crippen LogP contribution in [0.5, 0.6) is 0 Å². The van der Waals surface area contributed by atoms with Crippen LogP contribution in [-0.2, 0) is 6.54 Å². The molecule has 4 nitrogen and oxygen atoms in total. The summed E-state index contributed by atoms with van der Waals surface area (Å²) >= 11 is 5.98. The average molecular weight is 342 g/mol. The normalized spacial score (nSPS) is 12.5. The average Bonchev–Trinajstić information content (AvgIpc) is 3.06. The SMILES string of the molecule is CC(C)C(NCc1nc(-c2ccccc2)no1)c1ccc(Cl)cc1. The maximum atomic E-state index is 5.98. The van der Waals surface area contributed by atoms with Gasteiger partial charge < -0.3 is 9.84 Å². The summed E-state index contributed by atoms with van der Waals surface area (Å²) in [4.78, 5) is 4.46. The molecule has 1 aromatic heterocycles. The van der Waals surface area contributed by atoms with Crippen molar-refractivity contribution in [2.24, 2.45) is 5.92 Å². The Hall–Kier alpha value is -2.17. The molecular weight excluding hydrogens is 322 g/mol. The lowest BCUT2D eigenvalue weighted by Crippen LogP contribution is -2.25. The molecule has 0 spiro atoms. The molecule has 3 aromatic rings. The van der Waals surface area contributed by atoms with Crippen LogP contribution in [0.3, 0.4) is 0 Å². The lowest BCUT2D eigenvalue weighted by molar-refractivity contribution is 0.338. The second-order valence-corrected chi connectivity index (χ2v) is 6.47. The molecule has 0 saturated heterocycles. The van der Waals surface area contributed by atoms with Gasteiger partial charge in [-0.3, -0.25) is 0 Å². The third kappa shape index (κ3) is 4.02. The van der Waals surface area contributed by atoms with E-state index in [1.165, 1.54) is 5.56 Å². The minimum absolute atomic E-state index is 0.189. The molecule has 0 radical (unpaired) electrons. The van der Waals surface area contributed by atoms with E-state index in [1.54, 1.807) is 0 Å². The Morgan fingerprint density at radius 2 is 1.75 bits per heavy atom. The van der Waals surface area contributed by atoms with Crippen molar-refractivity contribution in [3.05, 3.63) is 71.1 Å². The molecule has 1 heterocycles. The number of hydrogen-bond donors (Lipinski definition) is 1. The van der Waals surface area contributed by atoms with Gasteiger partial charge >= 0.3 is 0 Å². The number of hydrogen-bond acceptors (Lipinski definition) is 4. The van der Waals surface area contributed by atoms with Gasteiger partial charge in [0.15, 0.2) is 0 Å². The van der Waals surface area contributed by atoms with Gasteiger partial charge in [-0.2, -0.15) is 4.98 Å². The summed E-state index contributed by atoms with van der Waals surface area (Å²) in [6, 6.07) is 17.9. The Balaban J connectivity index is 1.69. The van der Waals surface area contributed by atoms with Crippen LogP contribution in [0.1, 0.15) is 31.3 Å². The Morgan fingerprint density at radius 1 is 1.04 bits per heavy atom. The molecule has 124 valence electrons. The number of halogens is 1. The summed E-state index contributed by atoms with van der Waals surface area (Å²) in [7, 11) is 0. The van der Waals surface area contributed by atoms with Gasteiger partial charge in [0.05, 0.1) is 6.54 Å². The van der Waals surface area contributed by atoms with Crippen LogP contribution < -0.4 is 5.32 Å². The largest absolute Gasteiger partial charge is 0.338 e. The first-order chi connectivity index (χ1) is 11.6. The van der Waals surface area contributed by atoms with Crippen LogP contribution in [0.4, 0.5) is 0 Å². The minimum atomic E-state index is 0.189. The standard InChI is InChI=1S/C19H20ClN3O/c1-13(2)18(14-8-10-16(20)11-9-14)21-12-17-22-19(23-24-17)15-6-4-3-5-7-15/h3-11,13,18,21H,12H2,1-2H3. The Kier molecular flexibility index (Phi) is 5.28. The van der Waals surface area contributed by atoms with Crippen molar-refractivity contribution < 1.29 is 4.52 Å². The van der Waals surface area contributed by atoms with Gasteiger partial charge in [0, 0.05) is 16.6 Å². The molecule has 3 rings (SSSR count). The van der Waals surface area contributed by atoms with Crippen LogP contribution in [-0.4, -0.2) is 10.1 Å². The summed E-state index contributed by atoms with van der Waals surface area (Å²) in [6.07, 6.45) is 0. The fourth-order valence-electron chi connectivity index (χ4n) is 2.64. The molecule has 0 aliphatic heterocycles. The molecular formula is C19H20ClN3O. The number of nitrogens with zero attached hydrogens (tertiary/aromatic N) is 2. The lowest BCUT2D eigenvalue weighted by Gasteiger charge is -2.22. The number of nitrogens with one attached hydrogen (secondary N) is 1. The van der Waals surface area contributed by atoms with Crippen LogP contribution in [0.25, 0.3) is 11.4 Å². The van der Waals surface area contributed by atoms with Gasteiger partial charge in [-0.15, -0.1) is 0 Å². The first-order valence-corrected chi connectivity index (χ1v) is 8.38. The van der Waals surface area contributed by atoms with Gasteiger partial charge in [-0.1, -0.05) is 73.1 Å². The predicted molar refractivity (Wildman–Crippen MR) is 95.6 cm³/mol. The molecule has 0 aliphatic rings. The van der Waals surface area contributed by atoms with E-state index >= 15 is 0 Å². The van der Waals surface area contributed by atoms with E-state index in [0.717, 1.165) is 10.6 Å². The highest BCUT2D eigenvalue weighted by Gasteiger charge is 2.17. The topological polar surface area (TPSA) is 51.0 Å². The van der Waals surface area contributed by atoms with Gasteiger partial charge in [0.25, 0.3) is 0 Å². The van der Waals surface area contributed by atoms with Crippen LogP contribution in [0.2, 0.25) is 5.02 Å². The molecule has 1 N–H and O–H groups in total. The van der Waals surface area contributed by atoms with Crippen molar-refractivity contribution in [2.75, 3.05) is 0 Å². The van der Waals surface area contributed by atoms with E-state index in [2.05, 4.69) is 29.3 Å². The zero-order valence-electron chi connectivity index (χ0n) is 13.7. The molecule has 1 atom stereocenters. The molecule has 0 amide bonds. The van der Waals surface area contributed by atoms with Crippen molar-refractivity contribution >= 4 is 11.6 Å². The third-order valence-electron chi connectivity index (χ3n) is 3.87. The molecule has 2 aromatic carbocycles. The molecule has 24 heavy (non-hydrogen) atoms. The van der Waals surface area contributed by atoms with Crippen molar-refractivity contribution in [3.8, 4) is 11.4 Å². The van der Waals surface area contributed by atoms with Crippen molar-refractivity contribution in [2.45, 2.75) is 26.4 Å². The van der Waals surface area contributed by atoms with E-state index < -0.39 is 0 Å². The predicted octanol–water partition coefficient (Wildman–Crippen LogP) is 4.88. The Morgan fingerprint density at radius 3 is 2.42 bits per heavy atom. The summed E-state index contributed by atoms with van der Waals surface area (Å²) in [5.74, 6) is 1.61.